The van der Waals surface area contributed by atoms with Crippen molar-refractivity contribution in [1.29, 1.82) is 0 Å². The van der Waals surface area contributed by atoms with Crippen LogP contribution in [0.5, 0.6) is 5.75 Å². The summed E-state index contributed by atoms with van der Waals surface area (Å²) >= 11 is 0. The summed E-state index contributed by atoms with van der Waals surface area (Å²) in [6.45, 7) is 7.48. The molecule has 1 aliphatic rings. The van der Waals surface area contributed by atoms with E-state index in [1.54, 1.807) is 24.0 Å². The minimum atomic E-state index is -0.816. The summed E-state index contributed by atoms with van der Waals surface area (Å²) in [7, 11) is 3.42. The molecule has 1 fully saturated rings. The lowest BCUT2D eigenvalue weighted by atomic mass is 9.88. The first-order valence-electron chi connectivity index (χ1n) is 12.3. The lowest BCUT2D eigenvalue weighted by Gasteiger charge is -2.38. The van der Waals surface area contributed by atoms with Crippen LogP contribution >= 0.6 is 0 Å². The Kier molecular flexibility index (Phi) is 8.78. The number of methoxy groups -OCH3 is 1. The smallest absolute Gasteiger partial charge is 0.407 e. The Morgan fingerprint density at radius 1 is 1.09 bits per heavy atom. The van der Waals surface area contributed by atoms with E-state index in [0.717, 1.165) is 60.2 Å². The number of nitrogens with one attached hydrogen (secondary N) is 1. The van der Waals surface area contributed by atoms with Gasteiger partial charge in [0.25, 0.3) is 0 Å². The van der Waals surface area contributed by atoms with Crippen LogP contribution in [0.3, 0.4) is 0 Å². The lowest BCUT2D eigenvalue weighted by Crippen LogP contribution is -2.47. The van der Waals surface area contributed by atoms with Crippen LogP contribution in [0.1, 0.15) is 52.0 Å². The number of rotatable bonds is 9. The summed E-state index contributed by atoms with van der Waals surface area (Å²) in [5.41, 5.74) is 4.04. The van der Waals surface area contributed by atoms with E-state index in [-0.39, 0.29) is 11.5 Å². The highest BCUT2D eigenvalue weighted by Crippen LogP contribution is 2.30. The first-order chi connectivity index (χ1) is 16.6. The van der Waals surface area contributed by atoms with Crippen molar-refractivity contribution in [1.82, 2.24) is 10.2 Å². The molecule has 0 unspecified atom stereocenters. The first-order valence-corrected chi connectivity index (χ1v) is 12.3. The summed E-state index contributed by atoms with van der Waals surface area (Å²) in [5, 5.41) is 13.4. The zero-order valence-electron chi connectivity index (χ0n) is 21.6. The number of ether oxygens (including phenoxy) is 1. The van der Waals surface area contributed by atoms with Crippen LogP contribution in [0, 0.1) is 5.41 Å². The molecule has 7 nitrogen and oxygen atoms in total. The molecule has 0 radical (unpaired) electrons. The molecule has 0 spiro atoms. The van der Waals surface area contributed by atoms with Crippen molar-refractivity contribution < 1.29 is 19.4 Å². The summed E-state index contributed by atoms with van der Waals surface area (Å²) < 4.78 is 5.61. The van der Waals surface area contributed by atoms with Gasteiger partial charge in [-0.1, -0.05) is 39.0 Å². The average molecular weight is 482 g/mol. The van der Waals surface area contributed by atoms with Crippen molar-refractivity contribution in [3.8, 4) is 16.9 Å². The molecule has 0 bridgehead atoms. The maximum absolute atomic E-state index is 11.8. The molecule has 0 aromatic heterocycles. The van der Waals surface area contributed by atoms with E-state index in [1.807, 2.05) is 36.4 Å². The first kappa shape index (κ1) is 26.5. The molecule has 0 atom stereocenters. The summed E-state index contributed by atoms with van der Waals surface area (Å²) in [5.74, 6) is 0.842. The predicted molar refractivity (Wildman–Crippen MR) is 140 cm³/mol. The second kappa shape index (κ2) is 11.6. The summed E-state index contributed by atoms with van der Waals surface area (Å²) in [6.07, 6.45) is 3.63. The average Bonchev–Trinajstić information content (AvgIpc) is 2.85. The van der Waals surface area contributed by atoms with Crippen LogP contribution in [0.15, 0.2) is 42.5 Å². The summed E-state index contributed by atoms with van der Waals surface area (Å²) in [6, 6.07) is 14.5. The Morgan fingerprint density at radius 3 is 2.26 bits per heavy atom. The Hall–Kier alpha value is -3.06. The standard InChI is InChI=1S/C28H39N3O4/c1-28(2,3)18-31(27(33)34)25-13-9-23(10-14-25)29-17-22-16-21(8-15-26(22)35-5)20-6-11-24(12-7-20)30(4)19-32/h6-8,11-12,15-16,19,23,25,29H,9-10,13-14,17-18H2,1-5H3,(H,33,34). The van der Waals surface area contributed by atoms with Crippen molar-refractivity contribution in [2.75, 3.05) is 25.6 Å². The maximum Gasteiger partial charge on any atom is 0.407 e. The maximum atomic E-state index is 11.8. The molecule has 1 aliphatic carbocycles. The number of carbonyl (C=O) groups is 2. The fraction of sp³-hybridized carbons (Fsp3) is 0.500. The second-order valence-corrected chi connectivity index (χ2v) is 10.6. The predicted octanol–water partition coefficient (Wildman–Crippen LogP) is 5.38. The largest absolute Gasteiger partial charge is 0.496 e. The molecule has 0 saturated heterocycles. The van der Waals surface area contributed by atoms with Crippen LogP contribution in [0.2, 0.25) is 0 Å². The van der Waals surface area contributed by atoms with Gasteiger partial charge in [-0.2, -0.15) is 0 Å². The number of nitrogens with zero attached hydrogens (tertiary/aromatic N) is 2. The monoisotopic (exact) mass is 481 g/mol. The normalized spacial score (nSPS) is 18.1. The van der Waals surface area contributed by atoms with Gasteiger partial charge in [0.05, 0.1) is 7.11 Å². The van der Waals surface area contributed by atoms with E-state index in [9.17, 15) is 14.7 Å². The Bertz CT molecular complexity index is 992. The van der Waals surface area contributed by atoms with Gasteiger partial charge in [0, 0.05) is 43.5 Å². The zero-order chi connectivity index (χ0) is 25.6. The molecule has 1 saturated carbocycles. The molecule has 35 heavy (non-hydrogen) atoms. The van der Waals surface area contributed by atoms with E-state index < -0.39 is 6.09 Å². The van der Waals surface area contributed by atoms with Gasteiger partial charge in [-0.05, 0) is 66.5 Å². The third-order valence-corrected chi connectivity index (χ3v) is 6.66. The summed E-state index contributed by atoms with van der Waals surface area (Å²) in [4.78, 5) is 26.0. The van der Waals surface area contributed by atoms with Gasteiger partial charge in [0.2, 0.25) is 6.41 Å². The molecule has 2 N–H and O–H groups in total. The molecular weight excluding hydrogens is 442 g/mol. The Labute approximate surface area is 209 Å². The van der Waals surface area contributed by atoms with E-state index >= 15 is 0 Å². The zero-order valence-corrected chi connectivity index (χ0v) is 21.6. The molecule has 2 amide bonds. The van der Waals surface area contributed by atoms with Crippen molar-refractivity contribution >= 4 is 18.2 Å². The van der Waals surface area contributed by atoms with Gasteiger partial charge in [-0.25, -0.2) is 4.79 Å². The number of benzene rings is 2. The molecular formula is C28H39N3O4. The van der Waals surface area contributed by atoms with E-state index in [0.29, 0.717) is 19.1 Å². The number of anilines is 1. The topological polar surface area (TPSA) is 82.1 Å². The van der Waals surface area contributed by atoms with Gasteiger partial charge >= 0.3 is 6.09 Å². The van der Waals surface area contributed by atoms with E-state index in [2.05, 4.69) is 32.2 Å². The lowest BCUT2D eigenvalue weighted by molar-refractivity contribution is -0.107. The van der Waals surface area contributed by atoms with Crippen LogP contribution in [0.25, 0.3) is 11.1 Å². The molecule has 7 heteroatoms. The van der Waals surface area contributed by atoms with E-state index in [4.69, 9.17) is 4.74 Å². The van der Waals surface area contributed by atoms with Crippen LogP contribution < -0.4 is 15.0 Å². The highest BCUT2D eigenvalue weighted by atomic mass is 16.5. The van der Waals surface area contributed by atoms with E-state index in [1.165, 1.54) is 0 Å². The SMILES string of the molecule is COc1ccc(-c2ccc(N(C)C=O)cc2)cc1CNC1CCC(N(CC(C)(C)C)C(=O)O)CC1. The molecule has 2 aromatic rings. The third-order valence-electron chi connectivity index (χ3n) is 6.66. The molecule has 190 valence electrons. The van der Waals surface area contributed by atoms with Gasteiger partial charge < -0.3 is 25.0 Å². The fourth-order valence-corrected chi connectivity index (χ4v) is 4.76. The number of amides is 2. The van der Waals surface area contributed by atoms with Gasteiger partial charge in [0.1, 0.15) is 5.75 Å². The van der Waals surface area contributed by atoms with Crippen molar-refractivity contribution in [2.45, 2.75) is 65.1 Å². The number of carboxylic acid groups (broad SMARTS) is 1. The van der Waals surface area contributed by atoms with Crippen molar-refractivity contribution in [3.05, 3.63) is 48.0 Å². The molecule has 0 aliphatic heterocycles. The fourth-order valence-electron chi connectivity index (χ4n) is 4.76. The highest BCUT2D eigenvalue weighted by molar-refractivity contribution is 5.76. The van der Waals surface area contributed by atoms with Crippen LogP contribution in [-0.4, -0.2) is 55.3 Å². The second-order valence-electron chi connectivity index (χ2n) is 10.6. The minimum absolute atomic E-state index is 0.0558. The molecule has 2 aromatic carbocycles. The Morgan fingerprint density at radius 2 is 1.71 bits per heavy atom. The minimum Gasteiger partial charge on any atom is -0.496 e. The highest BCUT2D eigenvalue weighted by Gasteiger charge is 2.31. The number of hydrogen-bond acceptors (Lipinski definition) is 4. The number of carbonyl (C=O) groups excluding carboxylic acids is 1. The van der Waals surface area contributed by atoms with Crippen LogP contribution in [-0.2, 0) is 11.3 Å². The van der Waals surface area contributed by atoms with Crippen molar-refractivity contribution in [3.63, 3.8) is 0 Å². The van der Waals surface area contributed by atoms with Crippen molar-refractivity contribution in [2.24, 2.45) is 5.41 Å². The van der Waals surface area contributed by atoms with Gasteiger partial charge in [-0.15, -0.1) is 0 Å². The van der Waals surface area contributed by atoms with Crippen LogP contribution in [0.4, 0.5) is 10.5 Å². The third kappa shape index (κ3) is 7.21. The van der Waals surface area contributed by atoms with Gasteiger partial charge in [0.15, 0.2) is 0 Å². The quantitative estimate of drug-likeness (QED) is 0.470. The molecule has 3 rings (SSSR count). The molecule has 0 heterocycles. The van der Waals surface area contributed by atoms with Gasteiger partial charge in [-0.3, -0.25) is 4.79 Å². The Balaban J connectivity index is 1.63. The number of hydrogen-bond donors (Lipinski definition) is 2.